The Balaban J connectivity index is 3.62. The van der Waals surface area contributed by atoms with Gasteiger partial charge in [-0.05, 0) is 19.3 Å². The molecule has 0 rings (SSSR count). The maximum Gasteiger partial charge on any atom is 0.441 e. The van der Waals surface area contributed by atoms with Crippen molar-refractivity contribution >= 4 is 11.8 Å². The van der Waals surface area contributed by atoms with Crippen molar-refractivity contribution in [2.45, 2.75) is 38.3 Å². The van der Waals surface area contributed by atoms with Gasteiger partial charge in [0.05, 0.1) is 6.10 Å². The molecule has 13 heavy (non-hydrogen) atoms. The molecule has 1 nitrogen and oxygen atoms in total. The zero-order chi connectivity index (χ0) is 10.5. The van der Waals surface area contributed by atoms with Crippen LogP contribution in [0.2, 0.25) is 0 Å². The van der Waals surface area contributed by atoms with Crippen LogP contribution in [0.5, 0.6) is 0 Å². The third kappa shape index (κ3) is 7.19. The smallest absolute Gasteiger partial charge is 0.393 e. The summed E-state index contributed by atoms with van der Waals surface area (Å²) in [5.41, 5.74) is -4.14. The largest absolute Gasteiger partial charge is 0.441 e. The lowest BCUT2D eigenvalue weighted by Gasteiger charge is -2.17. The number of aliphatic hydroxyl groups excluding tert-OH is 1. The molecule has 0 radical (unpaired) electrons. The van der Waals surface area contributed by atoms with Gasteiger partial charge in [0.15, 0.2) is 0 Å². The Bertz CT molecular complexity index is 136. The SMILES string of the molecule is CCC(CCSC(F)(F)F)C(C)O. The Kier molecular flexibility index (Phi) is 5.80. The fourth-order valence-corrected chi connectivity index (χ4v) is 1.76. The van der Waals surface area contributed by atoms with Crippen molar-refractivity contribution in [2.75, 3.05) is 5.75 Å². The van der Waals surface area contributed by atoms with Gasteiger partial charge in [-0.15, -0.1) is 0 Å². The molecule has 0 aromatic carbocycles. The summed E-state index contributed by atoms with van der Waals surface area (Å²) in [6.45, 7) is 3.49. The molecule has 0 saturated carbocycles. The molecular weight excluding hydrogens is 201 g/mol. The zero-order valence-electron chi connectivity index (χ0n) is 7.77. The van der Waals surface area contributed by atoms with Gasteiger partial charge in [0.2, 0.25) is 0 Å². The summed E-state index contributed by atoms with van der Waals surface area (Å²) in [4.78, 5) is 0. The van der Waals surface area contributed by atoms with E-state index in [1.54, 1.807) is 6.92 Å². The number of hydrogen-bond donors (Lipinski definition) is 1. The van der Waals surface area contributed by atoms with E-state index in [-0.39, 0.29) is 23.4 Å². The Labute approximate surface area is 80.7 Å². The summed E-state index contributed by atoms with van der Waals surface area (Å²) in [6, 6.07) is 0. The summed E-state index contributed by atoms with van der Waals surface area (Å²) >= 11 is -0.0164. The number of alkyl halides is 3. The maximum atomic E-state index is 11.7. The van der Waals surface area contributed by atoms with Crippen LogP contribution in [0.1, 0.15) is 26.7 Å². The van der Waals surface area contributed by atoms with E-state index in [1.165, 1.54) is 0 Å². The van der Waals surface area contributed by atoms with Crippen molar-refractivity contribution in [1.29, 1.82) is 0 Å². The third-order valence-corrected chi connectivity index (χ3v) is 2.73. The van der Waals surface area contributed by atoms with E-state index >= 15 is 0 Å². The van der Waals surface area contributed by atoms with E-state index in [4.69, 9.17) is 5.11 Å². The number of aliphatic hydroxyl groups is 1. The minimum absolute atomic E-state index is 0.0164. The molecule has 0 fully saturated rings. The molecule has 5 heteroatoms. The highest BCUT2D eigenvalue weighted by molar-refractivity contribution is 8.00. The van der Waals surface area contributed by atoms with Gasteiger partial charge in [-0.3, -0.25) is 0 Å². The van der Waals surface area contributed by atoms with E-state index < -0.39 is 11.6 Å². The molecule has 0 aliphatic rings. The van der Waals surface area contributed by atoms with Gasteiger partial charge in [-0.2, -0.15) is 13.2 Å². The highest BCUT2D eigenvalue weighted by Gasteiger charge is 2.28. The topological polar surface area (TPSA) is 20.2 Å². The van der Waals surface area contributed by atoms with Crippen LogP contribution in [0.4, 0.5) is 13.2 Å². The van der Waals surface area contributed by atoms with E-state index in [1.807, 2.05) is 6.92 Å². The Hall–Kier alpha value is 0.1000. The summed E-state index contributed by atoms with van der Waals surface area (Å²) in [5, 5.41) is 9.15. The van der Waals surface area contributed by atoms with Gasteiger partial charge in [0.25, 0.3) is 0 Å². The predicted octanol–water partition coefficient (Wildman–Crippen LogP) is 3.04. The second-order valence-corrected chi connectivity index (χ2v) is 4.15. The van der Waals surface area contributed by atoms with Gasteiger partial charge in [-0.1, -0.05) is 25.1 Å². The van der Waals surface area contributed by atoms with Crippen LogP contribution < -0.4 is 0 Å². The fourth-order valence-electron chi connectivity index (χ4n) is 1.11. The molecule has 1 N–H and O–H groups in total. The van der Waals surface area contributed by atoms with Crippen LogP contribution in [-0.4, -0.2) is 22.5 Å². The van der Waals surface area contributed by atoms with Crippen LogP contribution in [0.15, 0.2) is 0 Å². The second kappa shape index (κ2) is 5.75. The molecular formula is C8H15F3OS. The van der Waals surface area contributed by atoms with Crippen LogP contribution in [0, 0.1) is 5.92 Å². The second-order valence-electron chi connectivity index (χ2n) is 2.99. The summed E-state index contributed by atoms with van der Waals surface area (Å²) in [7, 11) is 0. The Morgan fingerprint density at radius 3 is 2.23 bits per heavy atom. The molecule has 2 atom stereocenters. The first-order valence-electron chi connectivity index (χ1n) is 4.25. The predicted molar refractivity (Wildman–Crippen MR) is 48.6 cm³/mol. The molecule has 80 valence electrons. The molecule has 0 aliphatic heterocycles. The number of thioether (sulfide) groups is 1. The Morgan fingerprint density at radius 2 is 1.92 bits per heavy atom. The monoisotopic (exact) mass is 216 g/mol. The van der Waals surface area contributed by atoms with E-state index in [9.17, 15) is 13.2 Å². The standard InChI is InChI=1S/C8H15F3OS/c1-3-7(6(2)12)4-5-13-8(9,10)11/h6-7,12H,3-5H2,1-2H3. The van der Waals surface area contributed by atoms with Crippen molar-refractivity contribution in [3.05, 3.63) is 0 Å². The fraction of sp³-hybridized carbons (Fsp3) is 1.00. The van der Waals surface area contributed by atoms with Crippen LogP contribution in [-0.2, 0) is 0 Å². The average molecular weight is 216 g/mol. The first-order valence-corrected chi connectivity index (χ1v) is 5.24. The minimum atomic E-state index is -4.14. The zero-order valence-corrected chi connectivity index (χ0v) is 8.58. The van der Waals surface area contributed by atoms with E-state index in [0.29, 0.717) is 6.42 Å². The molecule has 0 aromatic heterocycles. The van der Waals surface area contributed by atoms with Gasteiger partial charge in [-0.25, -0.2) is 0 Å². The molecule has 0 amide bonds. The lowest BCUT2D eigenvalue weighted by Crippen LogP contribution is -2.17. The van der Waals surface area contributed by atoms with E-state index in [2.05, 4.69) is 0 Å². The van der Waals surface area contributed by atoms with Gasteiger partial charge < -0.3 is 5.11 Å². The first-order chi connectivity index (χ1) is 5.87. The van der Waals surface area contributed by atoms with Crippen molar-refractivity contribution in [3.63, 3.8) is 0 Å². The molecule has 0 heterocycles. The van der Waals surface area contributed by atoms with Gasteiger partial charge in [0, 0.05) is 5.75 Å². The van der Waals surface area contributed by atoms with Crippen molar-refractivity contribution in [1.82, 2.24) is 0 Å². The highest BCUT2D eigenvalue weighted by atomic mass is 32.2. The lowest BCUT2D eigenvalue weighted by atomic mass is 9.98. The summed E-state index contributed by atoms with van der Waals surface area (Å²) in [6.07, 6.45) is 0.618. The quantitative estimate of drug-likeness (QED) is 0.762. The molecule has 2 unspecified atom stereocenters. The van der Waals surface area contributed by atoms with Crippen molar-refractivity contribution in [2.24, 2.45) is 5.92 Å². The summed E-state index contributed by atoms with van der Waals surface area (Å²) in [5.74, 6) is 0.0160. The minimum Gasteiger partial charge on any atom is -0.393 e. The number of hydrogen-bond acceptors (Lipinski definition) is 2. The van der Waals surface area contributed by atoms with Crippen LogP contribution >= 0.6 is 11.8 Å². The third-order valence-electron chi connectivity index (χ3n) is 1.96. The van der Waals surface area contributed by atoms with Gasteiger partial charge >= 0.3 is 5.51 Å². The first kappa shape index (κ1) is 13.1. The summed E-state index contributed by atoms with van der Waals surface area (Å²) < 4.78 is 35.1. The van der Waals surface area contributed by atoms with Crippen molar-refractivity contribution in [3.8, 4) is 0 Å². The highest BCUT2D eigenvalue weighted by Crippen LogP contribution is 2.31. The number of halogens is 3. The Morgan fingerprint density at radius 1 is 1.38 bits per heavy atom. The van der Waals surface area contributed by atoms with Crippen LogP contribution in [0.3, 0.4) is 0 Å². The average Bonchev–Trinajstić information content (AvgIpc) is 1.95. The molecule has 0 spiro atoms. The molecule has 0 aromatic rings. The molecule has 0 saturated heterocycles. The van der Waals surface area contributed by atoms with Gasteiger partial charge in [0.1, 0.15) is 0 Å². The molecule has 0 bridgehead atoms. The van der Waals surface area contributed by atoms with E-state index in [0.717, 1.165) is 6.42 Å². The lowest BCUT2D eigenvalue weighted by molar-refractivity contribution is -0.0329. The maximum absolute atomic E-state index is 11.7. The normalized spacial score (nSPS) is 17.1. The van der Waals surface area contributed by atoms with Crippen LogP contribution in [0.25, 0.3) is 0 Å². The number of rotatable bonds is 5. The molecule has 0 aliphatic carbocycles. The van der Waals surface area contributed by atoms with Crippen molar-refractivity contribution < 1.29 is 18.3 Å².